The van der Waals surface area contributed by atoms with E-state index in [1.54, 1.807) is 12.1 Å². The van der Waals surface area contributed by atoms with Gasteiger partial charge in [0.25, 0.3) is 0 Å². The Hall–Kier alpha value is -0.900. The molecule has 0 aliphatic rings. The fourth-order valence-corrected chi connectivity index (χ4v) is 2.23. The summed E-state index contributed by atoms with van der Waals surface area (Å²) in [5.41, 5.74) is 0.355. The highest BCUT2D eigenvalue weighted by Crippen LogP contribution is 2.38. The molecule has 0 N–H and O–H groups in total. The van der Waals surface area contributed by atoms with Gasteiger partial charge in [-0.15, -0.1) is 0 Å². The average Bonchev–Trinajstić information content (AvgIpc) is 2.35. The summed E-state index contributed by atoms with van der Waals surface area (Å²) >= 11 is 17.7. The summed E-state index contributed by atoms with van der Waals surface area (Å²) in [5, 5.41) is 0.692. The van der Waals surface area contributed by atoms with E-state index in [2.05, 4.69) is 0 Å². The highest BCUT2D eigenvalue weighted by molar-refractivity contribution is 6.49. The smallest absolute Gasteiger partial charge is 0.166 e. The van der Waals surface area contributed by atoms with Crippen LogP contribution in [-0.2, 0) is 6.18 Å². The van der Waals surface area contributed by atoms with Gasteiger partial charge in [0, 0.05) is 5.56 Å². The van der Waals surface area contributed by atoms with E-state index in [9.17, 15) is 13.2 Å². The SMILES string of the molecule is FC(F)(F)c1ccc(-c2ccc(Cl)c(Cl)c2Cl)cc1. The van der Waals surface area contributed by atoms with Gasteiger partial charge in [0.05, 0.1) is 20.6 Å². The van der Waals surface area contributed by atoms with Crippen LogP contribution < -0.4 is 0 Å². The van der Waals surface area contributed by atoms with Crippen LogP contribution in [0.5, 0.6) is 0 Å². The largest absolute Gasteiger partial charge is 0.416 e. The van der Waals surface area contributed by atoms with Crippen LogP contribution in [0.4, 0.5) is 13.2 Å². The quantitative estimate of drug-likeness (QED) is 0.537. The molecule has 0 saturated heterocycles. The first-order valence-corrected chi connectivity index (χ1v) is 6.25. The van der Waals surface area contributed by atoms with Gasteiger partial charge in [-0.3, -0.25) is 0 Å². The fraction of sp³-hybridized carbons (Fsp3) is 0.0769. The molecule has 2 rings (SSSR count). The molecular formula is C13H6Cl3F3. The van der Waals surface area contributed by atoms with Crippen LogP contribution in [0.25, 0.3) is 11.1 Å². The van der Waals surface area contributed by atoms with E-state index in [1.807, 2.05) is 0 Å². The van der Waals surface area contributed by atoms with E-state index in [0.29, 0.717) is 16.1 Å². The van der Waals surface area contributed by atoms with Gasteiger partial charge in [-0.1, -0.05) is 53.0 Å². The van der Waals surface area contributed by atoms with Crippen molar-refractivity contribution >= 4 is 34.8 Å². The summed E-state index contributed by atoms with van der Waals surface area (Å²) < 4.78 is 37.4. The zero-order valence-corrected chi connectivity index (χ0v) is 11.5. The van der Waals surface area contributed by atoms with Crippen molar-refractivity contribution in [3.05, 3.63) is 57.0 Å². The Kier molecular flexibility index (Phi) is 4.00. The van der Waals surface area contributed by atoms with E-state index in [1.165, 1.54) is 12.1 Å². The number of hydrogen-bond acceptors (Lipinski definition) is 0. The lowest BCUT2D eigenvalue weighted by molar-refractivity contribution is -0.137. The predicted molar refractivity (Wildman–Crippen MR) is 71.9 cm³/mol. The summed E-state index contributed by atoms with van der Waals surface area (Å²) in [6.07, 6.45) is -4.36. The van der Waals surface area contributed by atoms with Crippen LogP contribution >= 0.6 is 34.8 Å². The van der Waals surface area contributed by atoms with Crippen LogP contribution in [0.2, 0.25) is 15.1 Å². The molecule has 0 spiro atoms. The normalized spacial score (nSPS) is 11.7. The van der Waals surface area contributed by atoms with E-state index in [-0.39, 0.29) is 10.0 Å². The number of hydrogen-bond donors (Lipinski definition) is 0. The van der Waals surface area contributed by atoms with Crippen LogP contribution in [0, 0.1) is 0 Å². The summed E-state index contributed by atoms with van der Waals surface area (Å²) in [5.74, 6) is 0. The molecule has 100 valence electrons. The highest BCUT2D eigenvalue weighted by atomic mass is 35.5. The Balaban J connectivity index is 2.46. The zero-order chi connectivity index (χ0) is 14.2. The molecule has 2 aromatic carbocycles. The van der Waals surface area contributed by atoms with Gasteiger partial charge < -0.3 is 0 Å². The third kappa shape index (κ3) is 2.99. The van der Waals surface area contributed by atoms with E-state index >= 15 is 0 Å². The van der Waals surface area contributed by atoms with Gasteiger partial charge >= 0.3 is 6.18 Å². The molecular weight excluding hydrogens is 319 g/mol. The maximum atomic E-state index is 12.5. The molecule has 0 heterocycles. The van der Waals surface area contributed by atoms with Crippen LogP contribution in [0.15, 0.2) is 36.4 Å². The topological polar surface area (TPSA) is 0 Å². The Morgan fingerprint density at radius 3 is 1.84 bits per heavy atom. The second-order valence-electron chi connectivity index (χ2n) is 3.80. The van der Waals surface area contributed by atoms with Gasteiger partial charge in [0.15, 0.2) is 0 Å². The first kappa shape index (κ1) is 14.5. The van der Waals surface area contributed by atoms with Crippen molar-refractivity contribution < 1.29 is 13.2 Å². The van der Waals surface area contributed by atoms with Crippen molar-refractivity contribution in [2.45, 2.75) is 6.18 Å². The van der Waals surface area contributed by atoms with Crippen LogP contribution in [0.1, 0.15) is 5.56 Å². The molecule has 0 aromatic heterocycles. The van der Waals surface area contributed by atoms with Crippen molar-refractivity contribution in [1.29, 1.82) is 0 Å². The zero-order valence-electron chi connectivity index (χ0n) is 9.23. The summed E-state index contributed by atoms with van der Waals surface area (Å²) in [6, 6.07) is 7.83. The fourth-order valence-electron chi connectivity index (χ4n) is 1.59. The van der Waals surface area contributed by atoms with E-state index < -0.39 is 11.7 Å². The molecule has 6 heteroatoms. The Bertz CT molecular complexity index is 604. The standard InChI is InChI=1S/C13H6Cl3F3/c14-10-6-5-9(11(15)12(10)16)7-1-3-8(4-2-7)13(17,18)19/h1-6H. The third-order valence-electron chi connectivity index (χ3n) is 2.56. The molecule has 0 fully saturated rings. The van der Waals surface area contributed by atoms with Crippen molar-refractivity contribution in [3.63, 3.8) is 0 Å². The molecule has 0 amide bonds. The summed E-state index contributed by atoms with van der Waals surface area (Å²) in [6.45, 7) is 0. The van der Waals surface area contributed by atoms with Crippen molar-refractivity contribution in [2.24, 2.45) is 0 Å². The van der Waals surface area contributed by atoms with Gasteiger partial charge in [-0.05, 0) is 23.8 Å². The second kappa shape index (κ2) is 5.23. The first-order chi connectivity index (χ1) is 8.80. The molecule has 0 saturated carbocycles. The molecule has 0 radical (unpaired) electrons. The third-order valence-corrected chi connectivity index (χ3v) is 3.85. The lowest BCUT2D eigenvalue weighted by Gasteiger charge is -2.10. The van der Waals surface area contributed by atoms with Crippen LogP contribution in [0.3, 0.4) is 0 Å². The number of alkyl halides is 3. The average molecular weight is 326 g/mol. The molecule has 0 nitrogen and oxygen atoms in total. The molecule has 0 aliphatic carbocycles. The summed E-state index contributed by atoms with van der Waals surface area (Å²) in [4.78, 5) is 0. The minimum Gasteiger partial charge on any atom is -0.166 e. The minimum absolute atomic E-state index is 0.181. The maximum absolute atomic E-state index is 12.5. The molecule has 19 heavy (non-hydrogen) atoms. The Labute approximate surface area is 122 Å². The Morgan fingerprint density at radius 1 is 0.737 bits per heavy atom. The van der Waals surface area contributed by atoms with Gasteiger partial charge in [-0.25, -0.2) is 0 Å². The lowest BCUT2D eigenvalue weighted by Crippen LogP contribution is -2.04. The maximum Gasteiger partial charge on any atom is 0.416 e. The number of rotatable bonds is 1. The molecule has 2 aromatic rings. The van der Waals surface area contributed by atoms with Crippen molar-refractivity contribution in [2.75, 3.05) is 0 Å². The van der Waals surface area contributed by atoms with Gasteiger partial charge in [0.1, 0.15) is 0 Å². The minimum atomic E-state index is -4.36. The van der Waals surface area contributed by atoms with Crippen molar-refractivity contribution in [1.82, 2.24) is 0 Å². The predicted octanol–water partition coefficient (Wildman–Crippen LogP) is 6.33. The monoisotopic (exact) mass is 324 g/mol. The van der Waals surface area contributed by atoms with E-state index in [0.717, 1.165) is 12.1 Å². The Morgan fingerprint density at radius 2 is 1.32 bits per heavy atom. The highest BCUT2D eigenvalue weighted by Gasteiger charge is 2.30. The number of halogens is 6. The first-order valence-electron chi connectivity index (χ1n) is 5.12. The molecule has 0 aliphatic heterocycles. The second-order valence-corrected chi connectivity index (χ2v) is 4.96. The van der Waals surface area contributed by atoms with Crippen LogP contribution in [-0.4, -0.2) is 0 Å². The lowest BCUT2D eigenvalue weighted by atomic mass is 10.0. The van der Waals surface area contributed by atoms with E-state index in [4.69, 9.17) is 34.8 Å². The number of benzene rings is 2. The molecule has 0 unspecified atom stereocenters. The van der Waals surface area contributed by atoms with Gasteiger partial charge in [0.2, 0.25) is 0 Å². The van der Waals surface area contributed by atoms with Gasteiger partial charge in [-0.2, -0.15) is 13.2 Å². The molecule has 0 atom stereocenters. The van der Waals surface area contributed by atoms with Crippen molar-refractivity contribution in [3.8, 4) is 11.1 Å². The molecule has 0 bridgehead atoms. The summed E-state index contributed by atoms with van der Waals surface area (Å²) in [7, 11) is 0.